The van der Waals surface area contributed by atoms with Gasteiger partial charge in [0, 0.05) is 17.1 Å². The molecule has 0 spiro atoms. The van der Waals surface area contributed by atoms with Crippen molar-refractivity contribution in [2.24, 2.45) is 0 Å². The van der Waals surface area contributed by atoms with E-state index < -0.39 is 17.8 Å². The zero-order valence-corrected chi connectivity index (χ0v) is 10.6. The van der Waals surface area contributed by atoms with Crippen molar-refractivity contribution in [3.05, 3.63) is 24.0 Å². The van der Waals surface area contributed by atoms with Gasteiger partial charge in [-0.15, -0.1) is 11.8 Å². The third-order valence-electron chi connectivity index (χ3n) is 1.90. The molecule has 7 heteroatoms. The van der Waals surface area contributed by atoms with Gasteiger partial charge in [-0.05, 0) is 25.1 Å². The number of amides is 3. The van der Waals surface area contributed by atoms with E-state index in [1.54, 1.807) is 13.0 Å². The minimum Gasteiger partial charge on any atom is -0.399 e. The fraction of sp³-hybridized carbons (Fsp3) is 0.273. The lowest BCUT2D eigenvalue weighted by atomic mass is 10.3. The first kappa shape index (κ1) is 14.3. The van der Waals surface area contributed by atoms with Crippen molar-refractivity contribution in [1.29, 1.82) is 0 Å². The number of hydrogen-bond donors (Lipinski definition) is 3. The SMILES string of the molecule is CCNC(=O)NC(=O)CSc1ccc(N)cc1F. The first-order chi connectivity index (χ1) is 8.52. The maximum absolute atomic E-state index is 13.4. The van der Waals surface area contributed by atoms with E-state index in [9.17, 15) is 14.0 Å². The molecule has 5 nitrogen and oxygen atoms in total. The third kappa shape index (κ3) is 4.62. The number of hydrogen-bond acceptors (Lipinski definition) is 4. The summed E-state index contributed by atoms with van der Waals surface area (Å²) in [7, 11) is 0. The summed E-state index contributed by atoms with van der Waals surface area (Å²) < 4.78 is 13.4. The molecule has 0 aromatic heterocycles. The van der Waals surface area contributed by atoms with Crippen LogP contribution >= 0.6 is 11.8 Å². The van der Waals surface area contributed by atoms with E-state index in [2.05, 4.69) is 10.6 Å². The average Bonchev–Trinajstić information content (AvgIpc) is 2.28. The molecule has 0 bridgehead atoms. The number of anilines is 1. The Morgan fingerprint density at radius 3 is 2.78 bits per heavy atom. The van der Waals surface area contributed by atoms with Gasteiger partial charge in [0.2, 0.25) is 5.91 Å². The molecule has 0 aliphatic heterocycles. The summed E-state index contributed by atoms with van der Waals surface area (Å²) in [5.74, 6) is -1.01. The summed E-state index contributed by atoms with van der Waals surface area (Å²) in [6.45, 7) is 2.17. The highest BCUT2D eigenvalue weighted by Gasteiger charge is 2.09. The number of nitrogens with one attached hydrogen (secondary N) is 2. The van der Waals surface area contributed by atoms with Crippen LogP contribution in [0.3, 0.4) is 0 Å². The zero-order valence-electron chi connectivity index (χ0n) is 9.83. The van der Waals surface area contributed by atoms with Gasteiger partial charge in [0.1, 0.15) is 5.82 Å². The van der Waals surface area contributed by atoms with E-state index in [0.29, 0.717) is 17.1 Å². The molecule has 4 N–H and O–H groups in total. The van der Waals surface area contributed by atoms with E-state index in [1.807, 2.05) is 0 Å². The van der Waals surface area contributed by atoms with Gasteiger partial charge < -0.3 is 11.1 Å². The molecule has 0 heterocycles. The van der Waals surface area contributed by atoms with Crippen molar-refractivity contribution in [2.45, 2.75) is 11.8 Å². The lowest BCUT2D eigenvalue weighted by Crippen LogP contribution is -2.40. The number of nitrogens with two attached hydrogens (primary N) is 1. The standard InChI is InChI=1S/C11H14FN3O2S/c1-2-14-11(17)15-10(16)6-18-9-4-3-7(13)5-8(9)12/h3-5H,2,6,13H2,1H3,(H2,14,15,16,17). The maximum atomic E-state index is 13.4. The zero-order chi connectivity index (χ0) is 13.5. The Kier molecular flexibility index (Phi) is 5.44. The van der Waals surface area contributed by atoms with Crippen molar-refractivity contribution < 1.29 is 14.0 Å². The van der Waals surface area contributed by atoms with Gasteiger partial charge >= 0.3 is 6.03 Å². The smallest absolute Gasteiger partial charge is 0.321 e. The van der Waals surface area contributed by atoms with Crippen LogP contribution in [0.15, 0.2) is 23.1 Å². The molecule has 98 valence electrons. The predicted octanol–water partition coefficient (Wildman–Crippen LogP) is 1.35. The van der Waals surface area contributed by atoms with Crippen LogP contribution in [0.4, 0.5) is 14.9 Å². The molecule has 0 aliphatic carbocycles. The molecule has 1 rings (SSSR count). The Bertz CT molecular complexity index is 454. The molecule has 0 saturated carbocycles. The molecule has 0 atom stereocenters. The Morgan fingerprint density at radius 2 is 2.17 bits per heavy atom. The number of rotatable bonds is 4. The minimum atomic E-state index is -0.555. The summed E-state index contributed by atoms with van der Waals surface area (Å²) in [5.41, 5.74) is 5.72. The van der Waals surface area contributed by atoms with E-state index in [4.69, 9.17) is 5.73 Å². The van der Waals surface area contributed by atoms with Crippen LogP contribution in [0, 0.1) is 5.82 Å². The average molecular weight is 271 g/mol. The molecule has 18 heavy (non-hydrogen) atoms. The Hall–Kier alpha value is -1.76. The van der Waals surface area contributed by atoms with Crippen LogP contribution in [0.25, 0.3) is 0 Å². The van der Waals surface area contributed by atoms with Crippen molar-refractivity contribution in [3.8, 4) is 0 Å². The molecule has 0 aliphatic rings. The second kappa shape index (κ2) is 6.85. The second-order valence-electron chi connectivity index (χ2n) is 3.39. The molecule has 1 aromatic carbocycles. The van der Waals surface area contributed by atoms with Gasteiger partial charge in [-0.3, -0.25) is 10.1 Å². The maximum Gasteiger partial charge on any atom is 0.321 e. The Labute approximate surface area is 108 Å². The predicted molar refractivity (Wildman–Crippen MR) is 68.8 cm³/mol. The van der Waals surface area contributed by atoms with Gasteiger partial charge in [-0.2, -0.15) is 0 Å². The number of imide groups is 1. The van der Waals surface area contributed by atoms with Crippen molar-refractivity contribution >= 4 is 29.4 Å². The van der Waals surface area contributed by atoms with Crippen molar-refractivity contribution in [2.75, 3.05) is 18.0 Å². The van der Waals surface area contributed by atoms with Crippen molar-refractivity contribution in [3.63, 3.8) is 0 Å². The molecule has 0 saturated heterocycles. The number of urea groups is 1. The fourth-order valence-electron chi connectivity index (χ4n) is 1.14. The number of nitrogen functional groups attached to an aromatic ring is 1. The van der Waals surface area contributed by atoms with E-state index >= 15 is 0 Å². The van der Waals surface area contributed by atoms with Gasteiger partial charge in [0.05, 0.1) is 5.75 Å². The number of carbonyl (C=O) groups is 2. The number of carbonyl (C=O) groups excluding carboxylic acids is 2. The highest BCUT2D eigenvalue weighted by atomic mass is 32.2. The van der Waals surface area contributed by atoms with Crippen LogP contribution in [0.5, 0.6) is 0 Å². The fourth-order valence-corrected chi connectivity index (χ4v) is 1.86. The number of thioether (sulfide) groups is 1. The normalized spacial score (nSPS) is 9.89. The second-order valence-corrected chi connectivity index (χ2v) is 4.40. The van der Waals surface area contributed by atoms with E-state index in [1.165, 1.54) is 12.1 Å². The molecular formula is C11H14FN3O2S. The van der Waals surface area contributed by atoms with Gasteiger partial charge in [-0.25, -0.2) is 9.18 Å². The third-order valence-corrected chi connectivity index (χ3v) is 2.95. The summed E-state index contributed by atoms with van der Waals surface area (Å²) >= 11 is 1.00. The number of halogens is 1. The highest BCUT2D eigenvalue weighted by molar-refractivity contribution is 8.00. The van der Waals surface area contributed by atoms with Gasteiger partial charge in [0.25, 0.3) is 0 Å². The summed E-state index contributed by atoms with van der Waals surface area (Å²) in [6, 6.07) is 3.67. The summed E-state index contributed by atoms with van der Waals surface area (Å²) in [4.78, 5) is 22.7. The van der Waals surface area contributed by atoms with Gasteiger partial charge in [0.15, 0.2) is 0 Å². The van der Waals surface area contributed by atoms with E-state index in [0.717, 1.165) is 11.8 Å². The Balaban J connectivity index is 2.45. The monoisotopic (exact) mass is 271 g/mol. The quantitative estimate of drug-likeness (QED) is 0.570. The van der Waals surface area contributed by atoms with Crippen LogP contribution in [0.1, 0.15) is 6.92 Å². The molecule has 0 radical (unpaired) electrons. The number of benzene rings is 1. The summed E-state index contributed by atoms with van der Waals surface area (Å²) in [5, 5.41) is 4.55. The minimum absolute atomic E-state index is 0.0437. The molecule has 1 aromatic rings. The van der Waals surface area contributed by atoms with Crippen LogP contribution < -0.4 is 16.4 Å². The van der Waals surface area contributed by atoms with E-state index in [-0.39, 0.29) is 5.75 Å². The highest BCUT2D eigenvalue weighted by Crippen LogP contribution is 2.23. The molecule has 0 fully saturated rings. The van der Waals surface area contributed by atoms with Gasteiger partial charge in [-0.1, -0.05) is 0 Å². The Morgan fingerprint density at radius 1 is 1.44 bits per heavy atom. The molecule has 3 amide bonds. The summed E-state index contributed by atoms with van der Waals surface area (Å²) in [6.07, 6.45) is 0. The molecule has 0 unspecified atom stereocenters. The largest absolute Gasteiger partial charge is 0.399 e. The van der Waals surface area contributed by atoms with Crippen LogP contribution in [0.2, 0.25) is 0 Å². The van der Waals surface area contributed by atoms with Crippen molar-refractivity contribution in [1.82, 2.24) is 10.6 Å². The first-order valence-corrected chi connectivity index (χ1v) is 6.27. The lowest BCUT2D eigenvalue weighted by Gasteiger charge is -2.05. The topological polar surface area (TPSA) is 84.2 Å². The lowest BCUT2D eigenvalue weighted by molar-refractivity contribution is -0.117. The first-order valence-electron chi connectivity index (χ1n) is 5.28. The molecular weight excluding hydrogens is 257 g/mol. The van der Waals surface area contributed by atoms with Crippen LogP contribution in [-0.2, 0) is 4.79 Å². The van der Waals surface area contributed by atoms with Crippen LogP contribution in [-0.4, -0.2) is 24.2 Å².